The molecule has 16 heavy (non-hydrogen) atoms. The Bertz CT molecular complexity index is 201. The average Bonchev–Trinajstić information content (AvgIpc) is 2.45. The number of hydrogen-bond donors (Lipinski definition) is 1. The first-order valence-electron chi connectivity index (χ1n) is 6.53. The number of hydrogen-bond acceptors (Lipinski definition) is 3. The topological polar surface area (TPSA) is 18.5 Å². The lowest BCUT2D eigenvalue weighted by molar-refractivity contribution is 0.133. The van der Waals surface area contributed by atoms with Gasteiger partial charge < -0.3 is 10.2 Å². The summed E-state index contributed by atoms with van der Waals surface area (Å²) in [5, 5.41) is 3.33. The quantitative estimate of drug-likeness (QED) is 0.737. The maximum Gasteiger partial charge on any atom is 0.0193 e. The molecule has 1 heterocycles. The molecule has 0 aromatic heterocycles. The molecule has 0 aromatic rings. The molecule has 1 saturated heterocycles. The van der Waals surface area contributed by atoms with E-state index in [1.165, 1.54) is 32.5 Å². The molecule has 1 N–H and O–H groups in total. The van der Waals surface area contributed by atoms with E-state index in [0.29, 0.717) is 5.54 Å². The van der Waals surface area contributed by atoms with Gasteiger partial charge in [0.15, 0.2) is 0 Å². The number of nitrogens with zero attached hydrogens (tertiary/aromatic N) is 2. The molecule has 0 bridgehead atoms. The predicted molar refractivity (Wildman–Crippen MR) is 70.9 cm³/mol. The molecular formula is C13H29N3. The zero-order chi connectivity index (χ0) is 12.2. The second kappa shape index (κ2) is 5.99. The predicted octanol–water partition coefficient (Wildman–Crippen LogP) is 1.26. The van der Waals surface area contributed by atoms with Gasteiger partial charge in [-0.3, -0.25) is 4.90 Å². The van der Waals surface area contributed by atoms with Crippen molar-refractivity contribution in [2.45, 2.75) is 32.2 Å². The monoisotopic (exact) mass is 227 g/mol. The lowest BCUT2D eigenvalue weighted by Gasteiger charge is -2.36. The molecule has 0 saturated carbocycles. The SMILES string of the molecule is CNCC1CCN(CCCN(C)C)C1(C)C. The van der Waals surface area contributed by atoms with Crippen molar-refractivity contribution in [2.24, 2.45) is 5.92 Å². The fourth-order valence-corrected chi connectivity index (χ4v) is 2.79. The first kappa shape index (κ1) is 13.9. The lowest BCUT2D eigenvalue weighted by Crippen LogP contribution is -2.45. The molecule has 1 aliphatic rings. The van der Waals surface area contributed by atoms with Crippen molar-refractivity contribution in [3.8, 4) is 0 Å². The van der Waals surface area contributed by atoms with E-state index in [-0.39, 0.29) is 0 Å². The minimum atomic E-state index is 0.370. The Hall–Kier alpha value is -0.120. The second-order valence-electron chi connectivity index (χ2n) is 5.84. The zero-order valence-corrected chi connectivity index (χ0v) is 11.7. The molecule has 0 aromatic carbocycles. The van der Waals surface area contributed by atoms with Crippen molar-refractivity contribution in [1.82, 2.24) is 15.1 Å². The van der Waals surface area contributed by atoms with Gasteiger partial charge in [0.1, 0.15) is 0 Å². The second-order valence-corrected chi connectivity index (χ2v) is 5.84. The van der Waals surface area contributed by atoms with Crippen molar-refractivity contribution in [3.63, 3.8) is 0 Å². The highest BCUT2D eigenvalue weighted by atomic mass is 15.2. The van der Waals surface area contributed by atoms with Gasteiger partial charge in [-0.25, -0.2) is 0 Å². The van der Waals surface area contributed by atoms with E-state index in [1.807, 2.05) is 0 Å². The van der Waals surface area contributed by atoms with E-state index in [9.17, 15) is 0 Å². The van der Waals surface area contributed by atoms with Crippen LogP contribution in [-0.4, -0.2) is 62.7 Å². The van der Waals surface area contributed by atoms with Crippen LogP contribution in [-0.2, 0) is 0 Å². The Labute approximate surface area is 101 Å². The van der Waals surface area contributed by atoms with Gasteiger partial charge in [0, 0.05) is 5.54 Å². The van der Waals surface area contributed by atoms with Gasteiger partial charge in [0.2, 0.25) is 0 Å². The fraction of sp³-hybridized carbons (Fsp3) is 1.00. The van der Waals surface area contributed by atoms with Crippen LogP contribution in [0.5, 0.6) is 0 Å². The highest BCUT2D eigenvalue weighted by molar-refractivity contribution is 4.95. The van der Waals surface area contributed by atoms with Crippen molar-refractivity contribution in [1.29, 1.82) is 0 Å². The minimum Gasteiger partial charge on any atom is -0.319 e. The smallest absolute Gasteiger partial charge is 0.0193 e. The van der Waals surface area contributed by atoms with Crippen LogP contribution in [0, 0.1) is 5.92 Å². The highest BCUT2D eigenvalue weighted by Crippen LogP contribution is 2.33. The van der Waals surface area contributed by atoms with Gasteiger partial charge in [-0.05, 0) is 79.9 Å². The summed E-state index contributed by atoms with van der Waals surface area (Å²) < 4.78 is 0. The standard InChI is InChI=1S/C13H29N3/c1-13(2)12(11-14-3)7-10-16(13)9-6-8-15(4)5/h12,14H,6-11H2,1-5H3. The molecule has 0 aliphatic carbocycles. The maximum absolute atomic E-state index is 3.33. The van der Waals surface area contributed by atoms with Crippen LogP contribution in [0.2, 0.25) is 0 Å². The summed E-state index contributed by atoms with van der Waals surface area (Å²) in [5.74, 6) is 0.803. The van der Waals surface area contributed by atoms with Crippen LogP contribution in [0.3, 0.4) is 0 Å². The highest BCUT2D eigenvalue weighted by Gasteiger charge is 2.39. The maximum atomic E-state index is 3.33. The first-order chi connectivity index (χ1) is 7.48. The molecule has 1 rings (SSSR count). The molecule has 0 amide bonds. The summed E-state index contributed by atoms with van der Waals surface area (Å²) in [6, 6.07) is 0. The third-order valence-corrected chi connectivity index (χ3v) is 4.05. The van der Waals surface area contributed by atoms with E-state index in [1.54, 1.807) is 0 Å². The molecule has 96 valence electrons. The Balaban J connectivity index is 2.38. The lowest BCUT2D eigenvalue weighted by atomic mass is 9.88. The first-order valence-corrected chi connectivity index (χ1v) is 6.53. The van der Waals surface area contributed by atoms with Crippen molar-refractivity contribution >= 4 is 0 Å². The van der Waals surface area contributed by atoms with Crippen molar-refractivity contribution in [3.05, 3.63) is 0 Å². The minimum absolute atomic E-state index is 0.370. The number of rotatable bonds is 6. The van der Waals surface area contributed by atoms with Gasteiger partial charge in [-0.2, -0.15) is 0 Å². The molecule has 3 heteroatoms. The molecule has 1 unspecified atom stereocenters. The van der Waals surface area contributed by atoms with Gasteiger partial charge in [0.05, 0.1) is 0 Å². The van der Waals surface area contributed by atoms with E-state index in [2.05, 4.69) is 50.1 Å². The Morgan fingerprint density at radius 2 is 2.06 bits per heavy atom. The Kier molecular flexibility index (Phi) is 5.22. The third kappa shape index (κ3) is 3.44. The summed E-state index contributed by atoms with van der Waals surface area (Å²) in [6.07, 6.45) is 2.62. The Morgan fingerprint density at radius 3 is 2.62 bits per heavy atom. The van der Waals surface area contributed by atoms with Crippen molar-refractivity contribution in [2.75, 3.05) is 47.3 Å². The number of likely N-dealkylation sites (tertiary alicyclic amines) is 1. The summed E-state index contributed by atoms with van der Waals surface area (Å²) >= 11 is 0. The van der Waals surface area contributed by atoms with Gasteiger partial charge in [0.25, 0.3) is 0 Å². The molecule has 1 fully saturated rings. The van der Waals surface area contributed by atoms with E-state index in [4.69, 9.17) is 0 Å². The largest absolute Gasteiger partial charge is 0.319 e. The van der Waals surface area contributed by atoms with Gasteiger partial charge in [-0.15, -0.1) is 0 Å². The van der Waals surface area contributed by atoms with Crippen LogP contribution in [0.4, 0.5) is 0 Å². The molecular weight excluding hydrogens is 198 g/mol. The van der Waals surface area contributed by atoms with E-state index < -0.39 is 0 Å². The molecule has 3 nitrogen and oxygen atoms in total. The normalized spacial score (nSPS) is 25.5. The van der Waals surface area contributed by atoms with E-state index >= 15 is 0 Å². The molecule has 0 radical (unpaired) electrons. The average molecular weight is 227 g/mol. The van der Waals surface area contributed by atoms with E-state index in [0.717, 1.165) is 12.5 Å². The molecule has 1 atom stereocenters. The van der Waals surface area contributed by atoms with Crippen LogP contribution in [0.15, 0.2) is 0 Å². The van der Waals surface area contributed by atoms with Gasteiger partial charge >= 0.3 is 0 Å². The van der Waals surface area contributed by atoms with Crippen molar-refractivity contribution < 1.29 is 0 Å². The van der Waals surface area contributed by atoms with Crippen LogP contribution in [0.25, 0.3) is 0 Å². The van der Waals surface area contributed by atoms with Crippen LogP contribution < -0.4 is 5.32 Å². The summed E-state index contributed by atoms with van der Waals surface area (Å²) in [5.41, 5.74) is 0.370. The summed E-state index contributed by atoms with van der Waals surface area (Å²) in [7, 11) is 6.36. The molecule has 0 spiro atoms. The zero-order valence-electron chi connectivity index (χ0n) is 11.7. The fourth-order valence-electron chi connectivity index (χ4n) is 2.79. The van der Waals surface area contributed by atoms with Gasteiger partial charge in [-0.1, -0.05) is 0 Å². The Morgan fingerprint density at radius 1 is 1.38 bits per heavy atom. The summed E-state index contributed by atoms with van der Waals surface area (Å²) in [4.78, 5) is 4.94. The third-order valence-electron chi connectivity index (χ3n) is 4.05. The number of nitrogens with one attached hydrogen (secondary N) is 1. The summed E-state index contributed by atoms with van der Waals surface area (Å²) in [6.45, 7) is 9.66. The van der Waals surface area contributed by atoms with Crippen LogP contribution in [0.1, 0.15) is 26.7 Å². The molecule has 1 aliphatic heterocycles. The van der Waals surface area contributed by atoms with Crippen LogP contribution >= 0.6 is 0 Å².